The number of sulfone groups is 1. The number of nitrogens with zero attached hydrogens (tertiary/aromatic N) is 2. The topological polar surface area (TPSA) is 89.0 Å². The zero-order valence-corrected chi connectivity index (χ0v) is 18.3. The van der Waals surface area contributed by atoms with Crippen molar-refractivity contribution in [3.63, 3.8) is 0 Å². The molecule has 2 aromatic heterocycles. The molecule has 29 heavy (non-hydrogen) atoms. The quantitative estimate of drug-likeness (QED) is 0.465. The molecule has 1 amide bonds. The van der Waals surface area contributed by atoms with Gasteiger partial charge in [-0.25, -0.2) is 18.4 Å². The number of hydrogen-bond donors (Lipinski definition) is 1. The SMILES string of the molecule is CS(=O)(=O)c1ccc2nc(NC(=O)Cc3csc(-c4ccccc4Cl)n3)sc2c1. The molecule has 0 unspecified atom stereocenters. The highest BCUT2D eigenvalue weighted by atomic mass is 35.5. The summed E-state index contributed by atoms with van der Waals surface area (Å²) in [7, 11) is -3.30. The third-order valence-corrected chi connectivity index (χ3v) is 7.33. The zero-order chi connectivity index (χ0) is 20.6. The average molecular weight is 464 g/mol. The van der Waals surface area contributed by atoms with Crippen LogP contribution in [0.1, 0.15) is 5.69 Å². The third-order valence-electron chi connectivity index (χ3n) is 4.03. The van der Waals surface area contributed by atoms with Crippen molar-refractivity contribution in [3.05, 3.63) is 58.6 Å². The Morgan fingerprint density at radius 2 is 1.97 bits per heavy atom. The maximum absolute atomic E-state index is 12.4. The van der Waals surface area contributed by atoms with Gasteiger partial charge in [-0.2, -0.15) is 0 Å². The molecule has 0 fully saturated rings. The molecule has 0 aliphatic rings. The van der Waals surface area contributed by atoms with Crippen LogP contribution in [-0.4, -0.2) is 30.5 Å². The molecule has 148 valence electrons. The number of halogens is 1. The standard InChI is InChI=1S/C19H14ClN3O3S3/c1-29(25,26)12-6-7-15-16(9-12)28-19(22-15)23-17(24)8-11-10-27-18(21-11)13-4-2-3-5-14(13)20/h2-7,9-10H,8H2,1H3,(H,22,23,24). The Hall–Kier alpha value is -2.33. The fourth-order valence-corrected chi connectivity index (χ4v) is 5.45. The van der Waals surface area contributed by atoms with E-state index in [2.05, 4.69) is 15.3 Å². The Kier molecular flexibility index (Phi) is 5.39. The van der Waals surface area contributed by atoms with Gasteiger partial charge in [-0.15, -0.1) is 11.3 Å². The predicted molar refractivity (Wildman–Crippen MR) is 118 cm³/mol. The minimum Gasteiger partial charge on any atom is -0.302 e. The number of carbonyl (C=O) groups excluding carboxylic acids is 1. The first kappa shape index (κ1) is 20.0. The molecule has 10 heteroatoms. The van der Waals surface area contributed by atoms with Gasteiger partial charge in [0.2, 0.25) is 5.91 Å². The van der Waals surface area contributed by atoms with Crippen molar-refractivity contribution >= 4 is 65.4 Å². The van der Waals surface area contributed by atoms with Gasteiger partial charge in [-0.05, 0) is 24.3 Å². The number of fused-ring (bicyclic) bond motifs is 1. The van der Waals surface area contributed by atoms with Gasteiger partial charge >= 0.3 is 0 Å². The van der Waals surface area contributed by atoms with Crippen LogP contribution in [0.2, 0.25) is 5.02 Å². The molecule has 2 heterocycles. The van der Waals surface area contributed by atoms with Crippen molar-refractivity contribution in [2.24, 2.45) is 0 Å². The minimum absolute atomic E-state index is 0.103. The summed E-state index contributed by atoms with van der Waals surface area (Å²) in [5.41, 5.74) is 2.11. The normalized spacial score (nSPS) is 11.7. The van der Waals surface area contributed by atoms with Crippen molar-refractivity contribution in [3.8, 4) is 10.6 Å². The number of rotatable bonds is 5. The summed E-state index contributed by atoms with van der Waals surface area (Å²) < 4.78 is 24.1. The number of nitrogens with one attached hydrogen (secondary N) is 1. The van der Waals surface area contributed by atoms with Crippen LogP contribution in [-0.2, 0) is 21.1 Å². The van der Waals surface area contributed by atoms with Crippen molar-refractivity contribution in [2.45, 2.75) is 11.3 Å². The highest BCUT2D eigenvalue weighted by Gasteiger charge is 2.14. The lowest BCUT2D eigenvalue weighted by Crippen LogP contribution is -2.14. The Bertz CT molecular complexity index is 1330. The second-order valence-electron chi connectivity index (χ2n) is 6.27. The molecule has 0 aliphatic heterocycles. The molecular weight excluding hydrogens is 450 g/mol. The molecule has 4 aromatic rings. The lowest BCUT2D eigenvalue weighted by molar-refractivity contribution is -0.115. The summed E-state index contributed by atoms with van der Waals surface area (Å²) in [5, 5.41) is 6.37. The lowest BCUT2D eigenvalue weighted by atomic mass is 10.2. The van der Waals surface area contributed by atoms with E-state index in [1.165, 1.54) is 28.7 Å². The van der Waals surface area contributed by atoms with Crippen molar-refractivity contribution in [1.29, 1.82) is 0 Å². The molecule has 1 N–H and O–H groups in total. The molecule has 0 spiro atoms. The smallest absolute Gasteiger partial charge is 0.232 e. The van der Waals surface area contributed by atoms with Crippen LogP contribution in [0.4, 0.5) is 5.13 Å². The molecule has 0 bridgehead atoms. The second-order valence-corrected chi connectivity index (χ2v) is 10.6. The number of aromatic nitrogens is 2. The van der Waals surface area contributed by atoms with Gasteiger partial charge in [0, 0.05) is 17.2 Å². The second kappa shape index (κ2) is 7.83. The van der Waals surface area contributed by atoms with Crippen LogP contribution >= 0.6 is 34.3 Å². The van der Waals surface area contributed by atoms with Crippen LogP contribution in [0, 0.1) is 0 Å². The van der Waals surface area contributed by atoms with E-state index in [0.29, 0.717) is 26.1 Å². The highest BCUT2D eigenvalue weighted by molar-refractivity contribution is 7.90. The van der Waals surface area contributed by atoms with Crippen LogP contribution in [0.3, 0.4) is 0 Å². The molecule has 0 saturated carbocycles. The van der Waals surface area contributed by atoms with Gasteiger partial charge in [-0.3, -0.25) is 4.79 Å². The summed E-state index contributed by atoms with van der Waals surface area (Å²) in [6.07, 6.45) is 1.26. The molecule has 4 rings (SSSR count). The maximum Gasteiger partial charge on any atom is 0.232 e. The number of benzene rings is 2. The van der Waals surface area contributed by atoms with E-state index in [4.69, 9.17) is 11.6 Å². The van der Waals surface area contributed by atoms with Crippen LogP contribution in [0.25, 0.3) is 20.8 Å². The van der Waals surface area contributed by atoms with Crippen LogP contribution < -0.4 is 5.32 Å². The summed E-state index contributed by atoms with van der Waals surface area (Å²) in [6, 6.07) is 12.1. The molecule has 2 aromatic carbocycles. The van der Waals surface area contributed by atoms with Gasteiger partial charge in [0.15, 0.2) is 15.0 Å². The monoisotopic (exact) mass is 463 g/mol. The first-order valence-electron chi connectivity index (χ1n) is 8.39. The number of thiazole rings is 2. The Morgan fingerprint density at radius 1 is 1.17 bits per heavy atom. The summed E-state index contributed by atoms with van der Waals surface area (Å²) in [4.78, 5) is 21.5. The molecule has 0 atom stereocenters. The van der Waals surface area contributed by atoms with E-state index in [1.54, 1.807) is 18.2 Å². The van der Waals surface area contributed by atoms with E-state index in [0.717, 1.165) is 16.8 Å². The van der Waals surface area contributed by atoms with Gasteiger partial charge in [0.25, 0.3) is 0 Å². The lowest BCUT2D eigenvalue weighted by Gasteiger charge is -2.00. The third kappa shape index (κ3) is 4.48. The van der Waals surface area contributed by atoms with Crippen molar-refractivity contribution in [2.75, 3.05) is 11.6 Å². The molecule has 0 saturated heterocycles. The zero-order valence-electron chi connectivity index (χ0n) is 15.0. The fraction of sp³-hybridized carbons (Fsp3) is 0.105. The number of amides is 1. The van der Waals surface area contributed by atoms with Crippen molar-refractivity contribution in [1.82, 2.24) is 9.97 Å². The number of anilines is 1. The van der Waals surface area contributed by atoms with Crippen LogP contribution in [0.15, 0.2) is 52.7 Å². The number of carbonyl (C=O) groups is 1. The predicted octanol–water partition coefficient (Wildman–Crippen LogP) is 4.66. The Balaban J connectivity index is 1.48. The van der Waals surface area contributed by atoms with E-state index in [9.17, 15) is 13.2 Å². The maximum atomic E-state index is 12.4. The molecule has 0 aliphatic carbocycles. The van der Waals surface area contributed by atoms with E-state index in [1.807, 2.05) is 23.6 Å². The van der Waals surface area contributed by atoms with E-state index in [-0.39, 0.29) is 17.2 Å². The Labute approximate surface area is 180 Å². The van der Waals surface area contributed by atoms with E-state index < -0.39 is 9.84 Å². The fourth-order valence-electron chi connectivity index (χ4n) is 2.66. The van der Waals surface area contributed by atoms with Gasteiger partial charge in [0.05, 0.1) is 32.2 Å². The summed E-state index contributed by atoms with van der Waals surface area (Å²) in [6.45, 7) is 0. The van der Waals surface area contributed by atoms with Gasteiger partial charge < -0.3 is 5.32 Å². The first-order chi connectivity index (χ1) is 13.8. The summed E-state index contributed by atoms with van der Waals surface area (Å²) >= 11 is 8.86. The first-order valence-corrected chi connectivity index (χ1v) is 12.4. The molecular formula is C19H14ClN3O3S3. The molecule has 0 radical (unpaired) electrons. The largest absolute Gasteiger partial charge is 0.302 e. The minimum atomic E-state index is -3.30. The van der Waals surface area contributed by atoms with Gasteiger partial charge in [-0.1, -0.05) is 41.1 Å². The highest BCUT2D eigenvalue weighted by Crippen LogP contribution is 2.31. The van der Waals surface area contributed by atoms with Gasteiger partial charge in [0.1, 0.15) is 5.01 Å². The Morgan fingerprint density at radius 3 is 2.72 bits per heavy atom. The average Bonchev–Trinajstić information content (AvgIpc) is 3.26. The summed E-state index contributed by atoms with van der Waals surface area (Å²) in [5.74, 6) is -0.247. The molecule has 6 nitrogen and oxygen atoms in total. The van der Waals surface area contributed by atoms with Crippen molar-refractivity contribution < 1.29 is 13.2 Å². The van der Waals surface area contributed by atoms with E-state index >= 15 is 0 Å². The number of hydrogen-bond acceptors (Lipinski definition) is 7. The van der Waals surface area contributed by atoms with Crippen LogP contribution in [0.5, 0.6) is 0 Å².